The normalized spacial score (nSPS) is 12.2. The van der Waals surface area contributed by atoms with Gasteiger partial charge in [0, 0.05) is 22.9 Å². The number of ketones is 1. The molecule has 0 aromatic heterocycles. The van der Waals surface area contributed by atoms with Crippen LogP contribution in [0, 0.1) is 0 Å². The third-order valence-electron chi connectivity index (χ3n) is 2.45. The molecule has 0 radical (unpaired) electrons. The Morgan fingerprint density at radius 3 is 2.50 bits per heavy atom. The van der Waals surface area contributed by atoms with Crippen LogP contribution in [0.5, 0.6) is 0 Å². The van der Waals surface area contributed by atoms with Crippen molar-refractivity contribution in [2.45, 2.75) is 19.1 Å². The number of rotatable bonds is 6. The molecule has 0 fully saturated rings. The number of benzene rings is 1. The van der Waals surface area contributed by atoms with Crippen LogP contribution in [0.15, 0.2) is 18.2 Å². The van der Waals surface area contributed by atoms with Gasteiger partial charge in [-0.1, -0.05) is 28.1 Å². The third kappa shape index (κ3) is 3.38. The van der Waals surface area contributed by atoms with Gasteiger partial charge in [-0.2, -0.15) is 0 Å². The largest absolute Gasteiger partial charge is 0.479 e. The second-order valence-corrected chi connectivity index (χ2v) is 4.48. The van der Waals surface area contributed by atoms with E-state index in [4.69, 9.17) is 10.2 Å². The number of alkyl halides is 1. The molecule has 1 aromatic carbocycles. The van der Waals surface area contributed by atoms with E-state index >= 15 is 0 Å². The maximum absolute atomic E-state index is 11.8. The van der Waals surface area contributed by atoms with Crippen molar-refractivity contribution in [3.8, 4) is 0 Å². The Kier molecular flexibility index (Phi) is 5.46. The zero-order valence-electron chi connectivity index (χ0n) is 9.47. The summed E-state index contributed by atoms with van der Waals surface area (Å²) in [4.78, 5) is 22.6. The summed E-state index contributed by atoms with van der Waals surface area (Å²) in [6.07, 6.45) is -1.55. The number of Topliss-reactive ketones (excluding diaryl/α,β-unsaturated/α-hetero) is 1. The highest BCUT2D eigenvalue weighted by atomic mass is 79.9. The van der Waals surface area contributed by atoms with Gasteiger partial charge in [0.1, 0.15) is 0 Å². The Morgan fingerprint density at radius 1 is 1.33 bits per heavy atom. The Bertz CT molecular complexity index is 458. The van der Waals surface area contributed by atoms with Crippen molar-refractivity contribution < 1.29 is 24.9 Å². The smallest absolute Gasteiger partial charge is 0.337 e. The molecule has 0 amide bonds. The fourth-order valence-corrected chi connectivity index (χ4v) is 1.90. The van der Waals surface area contributed by atoms with Crippen LogP contribution in [0.25, 0.3) is 0 Å². The van der Waals surface area contributed by atoms with Crippen LogP contribution >= 0.6 is 15.9 Å². The van der Waals surface area contributed by atoms with Crippen molar-refractivity contribution in [1.29, 1.82) is 0 Å². The van der Waals surface area contributed by atoms with Crippen molar-refractivity contribution in [1.82, 2.24) is 0 Å². The second-order valence-electron chi connectivity index (χ2n) is 3.68. The molecule has 98 valence electrons. The summed E-state index contributed by atoms with van der Waals surface area (Å²) in [5.41, 5.74) is 0.677. The lowest BCUT2D eigenvalue weighted by Crippen LogP contribution is -2.15. The van der Waals surface area contributed by atoms with Gasteiger partial charge in [0.2, 0.25) is 0 Å². The minimum atomic E-state index is -1.74. The molecule has 0 saturated carbocycles. The average Bonchev–Trinajstić information content (AvgIpc) is 2.37. The summed E-state index contributed by atoms with van der Waals surface area (Å²) in [6.45, 7) is -0.252. The molecular weight excluding hydrogens is 304 g/mol. The molecule has 18 heavy (non-hydrogen) atoms. The summed E-state index contributed by atoms with van der Waals surface area (Å²) >= 11 is 3.12. The number of hydrogen-bond acceptors (Lipinski definition) is 4. The minimum absolute atomic E-state index is 0.0469. The molecule has 0 saturated heterocycles. The van der Waals surface area contributed by atoms with Gasteiger partial charge in [-0.25, -0.2) is 4.79 Å². The maximum atomic E-state index is 11.8. The van der Waals surface area contributed by atoms with Crippen molar-refractivity contribution in [2.24, 2.45) is 0 Å². The Morgan fingerprint density at radius 2 is 2.00 bits per heavy atom. The number of hydrogen-bond donors (Lipinski definition) is 3. The first-order valence-electron chi connectivity index (χ1n) is 5.25. The number of carboxylic acid groups (broad SMARTS) is 1. The van der Waals surface area contributed by atoms with Crippen LogP contribution in [0.3, 0.4) is 0 Å². The molecule has 1 unspecified atom stereocenters. The number of halogens is 1. The van der Waals surface area contributed by atoms with Gasteiger partial charge in [-0.15, -0.1) is 0 Å². The van der Waals surface area contributed by atoms with E-state index < -0.39 is 12.1 Å². The van der Waals surface area contributed by atoms with E-state index in [1.807, 2.05) is 0 Å². The molecule has 1 atom stereocenters. The topological polar surface area (TPSA) is 94.8 Å². The van der Waals surface area contributed by atoms with Crippen molar-refractivity contribution in [2.75, 3.05) is 5.33 Å². The summed E-state index contributed by atoms with van der Waals surface area (Å²) < 4.78 is 0. The van der Waals surface area contributed by atoms with Crippen LogP contribution in [0.1, 0.15) is 34.0 Å². The molecule has 1 rings (SSSR count). The van der Waals surface area contributed by atoms with E-state index in [0.717, 1.165) is 0 Å². The SMILES string of the molecule is O=C(CCBr)c1cc(CO)ccc1C(O)C(=O)O. The zero-order chi connectivity index (χ0) is 13.7. The molecule has 0 bridgehead atoms. The summed E-state index contributed by atoms with van der Waals surface area (Å²) in [5.74, 6) is -1.70. The van der Waals surface area contributed by atoms with Crippen LogP contribution in [0.4, 0.5) is 0 Å². The van der Waals surface area contributed by atoms with Gasteiger partial charge >= 0.3 is 5.97 Å². The van der Waals surface area contributed by atoms with Crippen molar-refractivity contribution in [3.63, 3.8) is 0 Å². The lowest BCUT2D eigenvalue weighted by molar-refractivity contribution is -0.146. The number of carboxylic acids is 1. The molecule has 0 aliphatic heterocycles. The maximum Gasteiger partial charge on any atom is 0.337 e. The Balaban J connectivity index is 3.24. The highest BCUT2D eigenvalue weighted by Crippen LogP contribution is 2.22. The highest BCUT2D eigenvalue weighted by molar-refractivity contribution is 9.09. The third-order valence-corrected chi connectivity index (χ3v) is 2.85. The quantitative estimate of drug-likeness (QED) is 0.542. The van der Waals surface area contributed by atoms with Crippen LogP contribution in [-0.2, 0) is 11.4 Å². The first-order chi connectivity index (χ1) is 8.51. The Labute approximate surface area is 112 Å². The molecule has 1 aromatic rings. The number of carbonyl (C=O) groups excluding carboxylic acids is 1. The van der Waals surface area contributed by atoms with E-state index in [1.165, 1.54) is 18.2 Å². The van der Waals surface area contributed by atoms with Gasteiger partial charge in [0.15, 0.2) is 11.9 Å². The zero-order valence-corrected chi connectivity index (χ0v) is 11.1. The van der Waals surface area contributed by atoms with Gasteiger partial charge < -0.3 is 15.3 Å². The van der Waals surface area contributed by atoms with Gasteiger partial charge in [0.25, 0.3) is 0 Å². The van der Waals surface area contributed by atoms with Crippen molar-refractivity contribution >= 4 is 27.7 Å². The first-order valence-corrected chi connectivity index (χ1v) is 6.37. The predicted molar refractivity (Wildman–Crippen MR) is 67.7 cm³/mol. The molecule has 0 heterocycles. The van der Waals surface area contributed by atoms with Gasteiger partial charge in [-0.3, -0.25) is 4.79 Å². The molecule has 0 spiro atoms. The first kappa shape index (κ1) is 14.8. The number of aliphatic hydroxyl groups excluding tert-OH is 2. The Hall–Kier alpha value is -1.24. The fraction of sp³-hybridized carbons (Fsp3) is 0.333. The summed E-state index contributed by atoms with van der Waals surface area (Å²) in [6, 6.07) is 4.24. The van der Waals surface area contributed by atoms with Crippen LogP contribution in [-0.4, -0.2) is 32.4 Å². The van der Waals surface area contributed by atoms with Crippen molar-refractivity contribution in [3.05, 3.63) is 34.9 Å². The standard InChI is InChI=1S/C12H13BrO5/c13-4-3-10(15)9-5-7(6-14)1-2-8(9)11(16)12(17)18/h1-2,5,11,14,16H,3-4,6H2,(H,17,18). The monoisotopic (exact) mass is 316 g/mol. The van der Waals surface area contributed by atoms with E-state index in [9.17, 15) is 14.7 Å². The van der Waals surface area contributed by atoms with Gasteiger partial charge in [0.05, 0.1) is 6.61 Å². The molecule has 0 aliphatic carbocycles. The van der Waals surface area contributed by atoms with E-state index in [-0.39, 0.29) is 29.9 Å². The predicted octanol–water partition coefficient (Wildman–Crippen LogP) is 1.26. The highest BCUT2D eigenvalue weighted by Gasteiger charge is 2.22. The number of aliphatic carboxylic acids is 1. The molecule has 5 nitrogen and oxygen atoms in total. The number of aliphatic hydroxyl groups is 2. The van der Waals surface area contributed by atoms with Gasteiger partial charge in [-0.05, 0) is 11.6 Å². The molecule has 0 aliphatic rings. The second kappa shape index (κ2) is 6.63. The minimum Gasteiger partial charge on any atom is -0.479 e. The van der Waals surface area contributed by atoms with E-state index in [1.54, 1.807) is 0 Å². The molecule has 3 N–H and O–H groups in total. The van der Waals surface area contributed by atoms with Crippen LogP contribution in [0.2, 0.25) is 0 Å². The fourth-order valence-electron chi connectivity index (χ4n) is 1.54. The lowest BCUT2D eigenvalue weighted by Gasteiger charge is -2.12. The summed E-state index contributed by atoms with van der Waals surface area (Å²) in [5, 5.41) is 27.8. The van der Waals surface area contributed by atoms with Crippen LogP contribution < -0.4 is 0 Å². The molecule has 6 heteroatoms. The lowest BCUT2D eigenvalue weighted by atomic mass is 9.96. The van der Waals surface area contributed by atoms with E-state index in [2.05, 4.69) is 15.9 Å². The summed E-state index contributed by atoms with van der Waals surface area (Å²) in [7, 11) is 0. The van der Waals surface area contributed by atoms with E-state index in [0.29, 0.717) is 10.9 Å². The molecular formula is C12H13BrO5. The number of carbonyl (C=O) groups is 2. The average molecular weight is 317 g/mol.